The Bertz CT molecular complexity index is 929. The van der Waals surface area contributed by atoms with Gasteiger partial charge in [-0.1, -0.05) is 23.2 Å². The highest BCUT2D eigenvalue weighted by molar-refractivity contribution is 6.40. The lowest BCUT2D eigenvalue weighted by atomic mass is 9.81. The summed E-state index contributed by atoms with van der Waals surface area (Å²) in [4.78, 5) is 36.5. The zero-order valence-electron chi connectivity index (χ0n) is 12.8. The predicted octanol–water partition coefficient (Wildman–Crippen LogP) is 2.45. The minimum Gasteiger partial charge on any atom is -0.505 e. The van der Waals surface area contributed by atoms with Gasteiger partial charge >= 0.3 is 5.97 Å². The fraction of sp³-hybridized carbons (Fsp3) is 0.188. The fourth-order valence-corrected chi connectivity index (χ4v) is 3.32. The molecule has 1 heterocycles. The van der Waals surface area contributed by atoms with Crippen molar-refractivity contribution in [2.75, 3.05) is 7.11 Å². The molecular weight excluding hydrogens is 375 g/mol. The number of aromatic hydroxyl groups is 1. The highest BCUT2D eigenvalue weighted by atomic mass is 35.5. The Morgan fingerprint density at radius 3 is 2.44 bits per heavy atom. The first-order chi connectivity index (χ1) is 11.7. The Morgan fingerprint density at radius 2 is 1.88 bits per heavy atom. The fourth-order valence-electron chi connectivity index (χ4n) is 2.86. The molecule has 1 aliphatic carbocycles. The van der Waals surface area contributed by atoms with Gasteiger partial charge in [0.15, 0.2) is 17.3 Å². The number of ether oxygens (including phenoxy) is 2. The maximum atomic E-state index is 13.1. The lowest BCUT2D eigenvalue weighted by molar-refractivity contribution is -0.134. The van der Waals surface area contributed by atoms with Crippen molar-refractivity contribution in [1.29, 1.82) is 0 Å². The van der Waals surface area contributed by atoms with Crippen molar-refractivity contribution >= 4 is 40.7 Å². The van der Waals surface area contributed by atoms with Crippen molar-refractivity contribution in [1.82, 2.24) is 0 Å². The minimum absolute atomic E-state index is 0.0554. The molecule has 1 aromatic rings. The quantitative estimate of drug-likeness (QED) is 0.805. The van der Waals surface area contributed by atoms with E-state index in [1.807, 2.05) is 0 Å². The summed E-state index contributed by atoms with van der Waals surface area (Å²) in [7, 11) is 1.16. The number of aliphatic carboxylic acids is 1. The summed E-state index contributed by atoms with van der Waals surface area (Å²) in [5.41, 5.74) is -3.04. The van der Waals surface area contributed by atoms with Gasteiger partial charge in [-0.15, -0.1) is 0 Å². The van der Waals surface area contributed by atoms with Crippen LogP contribution in [0, 0.1) is 6.92 Å². The average molecular weight is 385 g/mol. The molecule has 0 amide bonds. The molecule has 3 rings (SSSR count). The maximum absolute atomic E-state index is 13.1. The third kappa shape index (κ3) is 2.09. The second-order valence-electron chi connectivity index (χ2n) is 5.40. The normalized spacial score (nSPS) is 21.6. The molecule has 25 heavy (non-hydrogen) atoms. The molecule has 1 spiro atoms. The summed E-state index contributed by atoms with van der Waals surface area (Å²) in [6, 6.07) is 0. The van der Waals surface area contributed by atoms with Crippen LogP contribution < -0.4 is 4.74 Å². The first kappa shape index (κ1) is 17.3. The molecule has 0 bridgehead atoms. The van der Waals surface area contributed by atoms with E-state index >= 15 is 0 Å². The van der Waals surface area contributed by atoms with E-state index in [1.165, 1.54) is 6.92 Å². The topological polar surface area (TPSA) is 110 Å². The van der Waals surface area contributed by atoms with Gasteiger partial charge in [0.05, 0.1) is 22.7 Å². The van der Waals surface area contributed by atoms with Crippen LogP contribution in [-0.4, -0.2) is 40.5 Å². The Hall–Kier alpha value is -2.51. The second kappa shape index (κ2) is 5.50. The van der Waals surface area contributed by atoms with Crippen LogP contribution in [0.4, 0.5) is 0 Å². The van der Waals surface area contributed by atoms with E-state index in [-0.39, 0.29) is 32.7 Å². The molecule has 0 radical (unpaired) electrons. The van der Waals surface area contributed by atoms with E-state index in [0.717, 1.165) is 19.3 Å². The second-order valence-corrected chi connectivity index (χ2v) is 6.15. The predicted molar refractivity (Wildman–Crippen MR) is 86.4 cm³/mol. The number of carboxylic acid groups (broad SMARTS) is 1. The number of rotatable bonds is 2. The van der Waals surface area contributed by atoms with Crippen LogP contribution in [0.3, 0.4) is 0 Å². The van der Waals surface area contributed by atoms with Crippen molar-refractivity contribution in [2.24, 2.45) is 0 Å². The van der Waals surface area contributed by atoms with Crippen molar-refractivity contribution in [2.45, 2.75) is 12.5 Å². The van der Waals surface area contributed by atoms with Gasteiger partial charge in [0.1, 0.15) is 11.3 Å². The lowest BCUT2D eigenvalue weighted by Gasteiger charge is -2.31. The summed E-state index contributed by atoms with van der Waals surface area (Å²) in [6.45, 7) is 1.49. The minimum atomic E-state index is -2.27. The number of carbonyl (C=O) groups is 3. The number of allylic oxidation sites excluding steroid dienone is 2. The summed E-state index contributed by atoms with van der Waals surface area (Å²) >= 11 is 12.1. The van der Waals surface area contributed by atoms with Crippen LogP contribution in [0.2, 0.25) is 10.0 Å². The third-order valence-corrected chi connectivity index (χ3v) is 4.99. The molecule has 0 saturated carbocycles. The lowest BCUT2D eigenvalue weighted by Crippen LogP contribution is -2.49. The number of carboxylic acids is 1. The number of halogens is 2. The van der Waals surface area contributed by atoms with Crippen LogP contribution in [0.15, 0.2) is 23.5 Å². The van der Waals surface area contributed by atoms with E-state index in [1.54, 1.807) is 0 Å². The van der Waals surface area contributed by atoms with Gasteiger partial charge in [0.2, 0.25) is 5.78 Å². The van der Waals surface area contributed by atoms with Crippen molar-refractivity contribution in [3.8, 4) is 11.5 Å². The molecule has 0 fully saturated rings. The Morgan fingerprint density at radius 1 is 1.24 bits per heavy atom. The number of methoxy groups -OCH3 is 1. The van der Waals surface area contributed by atoms with Gasteiger partial charge in [0, 0.05) is 12.2 Å². The standard InChI is InChI=1S/C16H10Cl2O7/c1-5-10(17)12(20)9-13(11(5)18)25-16(14(9)21)7(15(22)23)3-6(19)4-8(16)24-2/h3-4,20H,1-2H3,(H,22,23). The maximum Gasteiger partial charge on any atom is 0.336 e. The zero-order chi connectivity index (χ0) is 18.7. The largest absolute Gasteiger partial charge is 0.505 e. The summed E-state index contributed by atoms with van der Waals surface area (Å²) in [6.07, 6.45) is 1.70. The van der Waals surface area contributed by atoms with Crippen LogP contribution in [0.1, 0.15) is 15.9 Å². The molecule has 2 aliphatic rings. The Kier molecular flexibility index (Phi) is 3.81. The van der Waals surface area contributed by atoms with E-state index in [9.17, 15) is 24.6 Å². The molecular formula is C16H10Cl2O7. The molecule has 7 nitrogen and oxygen atoms in total. The molecule has 1 atom stereocenters. The van der Waals surface area contributed by atoms with Crippen LogP contribution in [-0.2, 0) is 14.3 Å². The third-order valence-electron chi connectivity index (χ3n) is 4.07. The number of phenolic OH excluding ortho intramolecular Hbond substituents is 1. The first-order valence-corrected chi connectivity index (χ1v) is 7.62. The van der Waals surface area contributed by atoms with E-state index < -0.39 is 34.5 Å². The molecule has 1 aromatic carbocycles. The van der Waals surface area contributed by atoms with Gasteiger partial charge in [0.25, 0.3) is 5.60 Å². The van der Waals surface area contributed by atoms with Gasteiger partial charge < -0.3 is 19.7 Å². The SMILES string of the molecule is COC1=CC(=O)C=C(C(=O)O)C12Oc1c(Cl)c(C)c(Cl)c(O)c1C2=O. The van der Waals surface area contributed by atoms with Crippen LogP contribution >= 0.6 is 23.2 Å². The number of carbonyl (C=O) groups excluding carboxylic acids is 2. The highest BCUT2D eigenvalue weighted by Crippen LogP contribution is 2.54. The van der Waals surface area contributed by atoms with Crippen molar-refractivity contribution in [3.63, 3.8) is 0 Å². The van der Waals surface area contributed by atoms with Gasteiger partial charge in [-0.2, -0.15) is 0 Å². The number of hydrogen-bond donors (Lipinski definition) is 2. The number of Topliss-reactive ketones (excluding diaryl/α,β-unsaturated/α-hetero) is 1. The average Bonchev–Trinajstić information content (AvgIpc) is 2.87. The Balaban J connectivity index is 2.36. The molecule has 9 heteroatoms. The molecule has 0 aromatic heterocycles. The molecule has 0 saturated heterocycles. The summed E-state index contributed by atoms with van der Waals surface area (Å²) < 4.78 is 10.7. The van der Waals surface area contributed by atoms with E-state index in [0.29, 0.717) is 0 Å². The van der Waals surface area contributed by atoms with E-state index in [2.05, 4.69) is 0 Å². The van der Waals surface area contributed by atoms with Crippen molar-refractivity contribution in [3.05, 3.63) is 44.7 Å². The number of ketones is 2. The first-order valence-electron chi connectivity index (χ1n) is 6.86. The highest BCUT2D eigenvalue weighted by Gasteiger charge is 2.60. The van der Waals surface area contributed by atoms with Gasteiger partial charge in [-0.3, -0.25) is 9.59 Å². The van der Waals surface area contributed by atoms with Gasteiger partial charge in [-0.25, -0.2) is 4.79 Å². The molecule has 1 unspecified atom stereocenters. The smallest absolute Gasteiger partial charge is 0.336 e. The van der Waals surface area contributed by atoms with Gasteiger partial charge in [-0.05, 0) is 12.5 Å². The monoisotopic (exact) mass is 384 g/mol. The number of phenols is 1. The van der Waals surface area contributed by atoms with Crippen LogP contribution in [0.5, 0.6) is 11.5 Å². The summed E-state index contributed by atoms with van der Waals surface area (Å²) in [5.74, 6) is -4.33. The van der Waals surface area contributed by atoms with Crippen molar-refractivity contribution < 1.29 is 34.1 Å². The summed E-state index contributed by atoms with van der Waals surface area (Å²) in [5, 5.41) is 19.5. The molecule has 2 N–H and O–H groups in total. The Labute approximate surface area is 151 Å². The molecule has 130 valence electrons. The zero-order valence-corrected chi connectivity index (χ0v) is 14.4. The van der Waals surface area contributed by atoms with Crippen LogP contribution in [0.25, 0.3) is 0 Å². The number of fused-ring (bicyclic) bond motifs is 1. The molecule has 1 aliphatic heterocycles. The number of hydrogen-bond acceptors (Lipinski definition) is 6. The number of benzene rings is 1. The van der Waals surface area contributed by atoms with E-state index in [4.69, 9.17) is 32.7 Å².